The second kappa shape index (κ2) is 6.53. The lowest BCUT2D eigenvalue weighted by atomic mass is 10.1. The fourth-order valence-corrected chi connectivity index (χ4v) is 2.48. The summed E-state index contributed by atoms with van der Waals surface area (Å²) in [7, 11) is 1.76. The Bertz CT molecular complexity index is 410. The molecule has 0 aliphatic heterocycles. The van der Waals surface area contributed by atoms with Gasteiger partial charge in [0.1, 0.15) is 0 Å². The minimum Gasteiger partial charge on any atom is -0.380 e. The number of hydrogen-bond acceptors (Lipinski definition) is 3. The molecule has 1 aromatic heterocycles. The standard InChI is InChI=1S/C15H27N3O/c1-5-14-13(9-16-12-7-8-12)15(6-2)18(17-14)10-11(3)19-4/h11-12,16H,5-10H2,1-4H3. The average Bonchev–Trinajstić information content (AvgIpc) is 3.18. The van der Waals surface area contributed by atoms with E-state index < -0.39 is 0 Å². The van der Waals surface area contributed by atoms with E-state index in [2.05, 4.69) is 30.8 Å². The molecule has 0 bridgehead atoms. The van der Waals surface area contributed by atoms with Gasteiger partial charge in [-0.3, -0.25) is 4.68 Å². The van der Waals surface area contributed by atoms with Gasteiger partial charge in [-0.05, 0) is 32.6 Å². The molecule has 0 amide bonds. The van der Waals surface area contributed by atoms with E-state index in [0.29, 0.717) is 0 Å². The van der Waals surface area contributed by atoms with Gasteiger partial charge in [-0.2, -0.15) is 5.10 Å². The van der Waals surface area contributed by atoms with Crippen LogP contribution in [0.5, 0.6) is 0 Å². The van der Waals surface area contributed by atoms with Gasteiger partial charge in [0, 0.05) is 31.0 Å². The van der Waals surface area contributed by atoms with Gasteiger partial charge >= 0.3 is 0 Å². The van der Waals surface area contributed by atoms with Crippen LogP contribution in [0, 0.1) is 0 Å². The largest absolute Gasteiger partial charge is 0.380 e. The molecule has 0 saturated heterocycles. The first-order valence-electron chi connectivity index (χ1n) is 7.53. The molecule has 1 unspecified atom stereocenters. The molecule has 0 spiro atoms. The zero-order valence-corrected chi connectivity index (χ0v) is 12.7. The second-order valence-corrected chi connectivity index (χ2v) is 5.46. The number of nitrogens with zero attached hydrogens (tertiary/aromatic N) is 2. The van der Waals surface area contributed by atoms with Gasteiger partial charge in [-0.15, -0.1) is 0 Å². The third kappa shape index (κ3) is 3.57. The van der Waals surface area contributed by atoms with Crippen molar-refractivity contribution in [2.24, 2.45) is 0 Å². The maximum absolute atomic E-state index is 5.37. The molecule has 108 valence electrons. The SMILES string of the molecule is CCc1nn(CC(C)OC)c(CC)c1CNC1CC1. The van der Waals surface area contributed by atoms with Crippen LogP contribution in [-0.2, 0) is 30.7 Å². The first-order valence-corrected chi connectivity index (χ1v) is 7.53. The third-order valence-electron chi connectivity index (χ3n) is 3.90. The van der Waals surface area contributed by atoms with Gasteiger partial charge < -0.3 is 10.1 Å². The molecule has 1 saturated carbocycles. The summed E-state index contributed by atoms with van der Waals surface area (Å²) in [6.45, 7) is 8.31. The topological polar surface area (TPSA) is 39.1 Å². The highest BCUT2D eigenvalue weighted by atomic mass is 16.5. The summed E-state index contributed by atoms with van der Waals surface area (Å²) in [4.78, 5) is 0. The summed E-state index contributed by atoms with van der Waals surface area (Å²) in [5.74, 6) is 0. The fraction of sp³-hybridized carbons (Fsp3) is 0.800. The van der Waals surface area contributed by atoms with E-state index in [1.807, 2.05) is 0 Å². The predicted molar refractivity (Wildman–Crippen MR) is 77.3 cm³/mol. The summed E-state index contributed by atoms with van der Waals surface area (Å²) in [5.41, 5.74) is 4.03. The molecule has 19 heavy (non-hydrogen) atoms. The van der Waals surface area contributed by atoms with Crippen LogP contribution in [0.2, 0.25) is 0 Å². The van der Waals surface area contributed by atoms with Crippen LogP contribution in [0.3, 0.4) is 0 Å². The maximum atomic E-state index is 5.37. The number of aryl methyl sites for hydroxylation is 1. The molecule has 1 atom stereocenters. The Hall–Kier alpha value is -0.870. The molecule has 4 nitrogen and oxygen atoms in total. The Kier molecular flexibility index (Phi) is 4.99. The van der Waals surface area contributed by atoms with Crippen molar-refractivity contribution in [3.8, 4) is 0 Å². The first-order chi connectivity index (χ1) is 9.19. The number of ether oxygens (including phenoxy) is 1. The summed E-state index contributed by atoms with van der Waals surface area (Å²) in [6, 6.07) is 0.746. The molecule has 4 heteroatoms. The van der Waals surface area contributed by atoms with E-state index in [1.54, 1.807) is 7.11 Å². The van der Waals surface area contributed by atoms with E-state index in [9.17, 15) is 0 Å². The van der Waals surface area contributed by atoms with Crippen molar-refractivity contribution in [1.82, 2.24) is 15.1 Å². The van der Waals surface area contributed by atoms with Crippen LogP contribution in [-0.4, -0.2) is 29.0 Å². The molecule has 0 aromatic carbocycles. The molecule has 0 radical (unpaired) electrons. The second-order valence-electron chi connectivity index (χ2n) is 5.46. The minimum atomic E-state index is 0.208. The van der Waals surface area contributed by atoms with Gasteiger partial charge in [0.05, 0.1) is 18.3 Å². The van der Waals surface area contributed by atoms with Crippen molar-refractivity contribution in [3.63, 3.8) is 0 Å². The summed E-state index contributed by atoms with van der Waals surface area (Å²) in [6.07, 6.45) is 4.91. The molecule has 1 heterocycles. The fourth-order valence-electron chi connectivity index (χ4n) is 2.48. The average molecular weight is 265 g/mol. The van der Waals surface area contributed by atoms with Crippen LogP contribution in [0.25, 0.3) is 0 Å². The molecular weight excluding hydrogens is 238 g/mol. The Morgan fingerprint density at radius 1 is 1.37 bits per heavy atom. The Balaban J connectivity index is 2.17. The Labute approximate surface area is 116 Å². The highest BCUT2D eigenvalue weighted by Crippen LogP contribution is 2.22. The highest BCUT2D eigenvalue weighted by Gasteiger charge is 2.23. The normalized spacial score (nSPS) is 16.8. The van der Waals surface area contributed by atoms with Crippen molar-refractivity contribution >= 4 is 0 Å². The molecular formula is C15H27N3O. The molecule has 1 N–H and O–H groups in total. The molecule has 2 rings (SSSR count). The van der Waals surface area contributed by atoms with E-state index in [1.165, 1.54) is 29.8 Å². The highest BCUT2D eigenvalue weighted by molar-refractivity contribution is 5.27. The van der Waals surface area contributed by atoms with Gasteiger partial charge in [0.25, 0.3) is 0 Å². The van der Waals surface area contributed by atoms with Gasteiger partial charge in [-0.25, -0.2) is 0 Å². The molecule has 1 aliphatic carbocycles. The maximum Gasteiger partial charge on any atom is 0.0739 e. The lowest BCUT2D eigenvalue weighted by molar-refractivity contribution is 0.0989. The lowest BCUT2D eigenvalue weighted by Crippen LogP contribution is -2.19. The van der Waals surface area contributed by atoms with E-state index in [0.717, 1.165) is 32.0 Å². The van der Waals surface area contributed by atoms with E-state index >= 15 is 0 Å². The molecule has 1 fully saturated rings. The van der Waals surface area contributed by atoms with E-state index in [-0.39, 0.29) is 6.10 Å². The zero-order chi connectivity index (χ0) is 13.8. The number of methoxy groups -OCH3 is 1. The number of aromatic nitrogens is 2. The smallest absolute Gasteiger partial charge is 0.0739 e. The van der Waals surface area contributed by atoms with Crippen molar-refractivity contribution in [1.29, 1.82) is 0 Å². The van der Waals surface area contributed by atoms with Crippen molar-refractivity contribution < 1.29 is 4.74 Å². The van der Waals surface area contributed by atoms with Crippen LogP contribution < -0.4 is 5.32 Å². The summed E-state index contributed by atoms with van der Waals surface area (Å²) in [5, 5.41) is 8.40. The minimum absolute atomic E-state index is 0.208. The van der Waals surface area contributed by atoms with Crippen molar-refractivity contribution in [2.45, 2.75) is 71.7 Å². The quantitative estimate of drug-likeness (QED) is 0.784. The van der Waals surface area contributed by atoms with Crippen LogP contribution in [0.1, 0.15) is 50.6 Å². The molecule has 1 aromatic rings. The zero-order valence-electron chi connectivity index (χ0n) is 12.7. The third-order valence-corrected chi connectivity index (χ3v) is 3.90. The van der Waals surface area contributed by atoms with Gasteiger partial charge in [-0.1, -0.05) is 13.8 Å². The Morgan fingerprint density at radius 2 is 2.11 bits per heavy atom. The van der Waals surface area contributed by atoms with Gasteiger partial charge in [0.2, 0.25) is 0 Å². The van der Waals surface area contributed by atoms with Crippen molar-refractivity contribution in [2.75, 3.05) is 7.11 Å². The van der Waals surface area contributed by atoms with E-state index in [4.69, 9.17) is 9.84 Å². The van der Waals surface area contributed by atoms with Gasteiger partial charge in [0.15, 0.2) is 0 Å². The first kappa shape index (κ1) is 14.5. The van der Waals surface area contributed by atoms with Crippen LogP contribution >= 0.6 is 0 Å². The Morgan fingerprint density at radius 3 is 2.63 bits per heavy atom. The molecule has 1 aliphatic rings. The lowest BCUT2D eigenvalue weighted by Gasteiger charge is -2.12. The summed E-state index contributed by atoms with van der Waals surface area (Å²) < 4.78 is 7.52. The number of hydrogen-bond donors (Lipinski definition) is 1. The monoisotopic (exact) mass is 265 g/mol. The number of nitrogens with one attached hydrogen (secondary N) is 1. The van der Waals surface area contributed by atoms with Crippen LogP contribution in [0.4, 0.5) is 0 Å². The van der Waals surface area contributed by atoms with Crippen molar-refractivity contribution in [3.05, 3.63) is 17.0 Å². The predicted octanol–water partition coefficient (Wildman–Crippen LogP) is 2.29. The summed E-state index contributed by atoms with van der Waals surface area (Å²) >= 11 is 0. The number of rotatable bonds is 8. The van der Waals surface area contributed by atoms with Crippen LogP contribution in [0.15, 0.2) is 0 Å².